The zero-order valence-electron chi connectivity index (χ0n) is 13.1. The maximum Gasteiger partial charge on any atom is 0.435 e. The smallest absolute Gasteiger partial charge is 0.362 e. The molecule has 0 aliphatic heterocycles. The zero-order valence-corrected chi connectivity index (χ0v) is 13.1. The van der Waals surface area contributed by atoms with Crippen LogP contribution in [-0.4, -0.2) is 35.1 Å². The van der Waals surface area contributed by atoms with E-state index in [1.165, 1.54) is 12.1 Å². The molecule has 2 aromatic rings. The molecule has 26 heavy (non-hydrogen) atoms. The summed E-state index contributed by atoms with van der Waals surface area (Å²) >= 11 is 0. The van der Waals surface area contributed by atoms with Crippen LogP contribution in [0.4, 0.5) is 26.3 Å². The highest BCUT2D eigenvalue weighted by molar-refractivity contribution is 5.77. The van der Waals surface area contributed by atoms with Crippen LogP contribution in [0, 0.1) is 0 Å². The molecule has 1 aromatic carbocycles. The van der Waals surface area contributed by atoms with E-state index in [1.54, 1.807) is 12.1 Å². The van der Waals surface area contributed by atoms with Gasteiger partial charge in [0.25, 0.3) is 0 Å². The van der Waals surface area contributed by atoms with E-state index in [1.807, 2.05) is 0 Å². The van der Waals surface area contributed by atoms with Crippen molar-refractivity contribution < 1.29 is 35.9 Å². The number of carbonyl (C=O) groups excluding carboxylic acids is 1. The van der Waals surface area contributed by atoms with E-state index in [0.29, 0.717) is 11.3 Å². The van der Waals surface area contributed by atoms with E-state index < -0.39 is 37.2 Å². The van der Waals surface area contributed by atoms with Crippen molar-refractivity contribution in [3.05, 3.63) is 47.8 Å². The lowest BCUT2D eigenvalue weighted by Gasteiger charge is -2.09. The Hall–Kier alpha value is -2.56. The molecule has 0 atom stereocenters. The summed E-state index contributed by atoms with van der Waals surface area (Å²) in [6.45, 7) is -2.22. The Bertz CT molecular complexity index is 737. The van der Waals surface area contributed by atoms with E-state index in [0.717, 1.165) is 16.9 Å². The van der Waals surface area contributed by atoms with Crippen LogP contribution in [0.3, 0.4) is 0 Å². The van der Waals surface area contributed by atoms with E-state index in [-0.39, 0.29) is 6.54 Å². The fourth-order valence-electron chi connectivity index (χ4n) is 1.90. The second kappa shape index (κ2) is 7.77. The highest BCUT2D eigenvalue weighted by Gasteiger charge is 2.33. The maximum absolute atomic E-state index is 12.5. The summed E-state index contributed by atoms with van der Waals surface area (Å²) in [4.78, 5) is 11.4. The van der Waals surface area contributed by atoms with Gasteiger partial charge in [0.05, 0.1) is 5.69 Å². The number of nitrogens with one attached hydrogen (secondary N) is 1. The van der Waals surface area contributed by atoms with Crippen LogP contribution in [0.25, 0.3) is 5.69 Å². The topological polar surface area (TPSA) is 56.1 Å². The van der Waals surface area contributed by atoms with Gasteiger partial charge in [-0.1, -0.05) is 12.1 Å². The monoisotopic (exact) mass is 381 g/mol. The Morgan fingerprint density at radius 3 is 2.27 bits per heavy atom. The van der Waals surface area contributed by atoms with E-state index >= 15 is 0 Å². The van der Waals surface area contributed by atoms with Crippen molar-refractivity contribution in [2.45, 2.75) is 18.9 Å². The first-order valence-corrected chi connectivity index (χ1v) is 7.18. The molecule has 0 aliphatic rings. The van der Waals surface area contributed by atoms with Crippen LogP contribution in [0.2, 0.25) is 0 Å². The Labute approximate surface area is 143 Å². The Morgan fingerprint density at radius 2 is 1.73 bits per heavy atom. The highest BCUT2D eigenvalue weighted by Crippen LogP contribution is 2.27. The Balaban J connectivity index is 1.86. The van der Waals surface area contributed by atoms with Crippen LogP contribution < -0.4 is 5.32 Å². The second-order valence-electron chi connectivity index (χ2n) is 5.19. The van der Waals surface area contributed by atoms with Crippen LogP contribution in [0.15, 0.2) is 36.5 Å². The minimum atomic E-state index is -4.54. The van der Waals surface area contributed by atoms with Crippen molar-refractivity contribution in [3.8, 4) is 5.69 Å². The number of amides is 1. The van der Waals surface area contributed by atoms with Gasteiger partial charge < -0.3 is 10.1 Å². The van der Waals surface area contributed by atoms with Crippen molar-refractivity contribution in [2.75, 3.05) is 13.2 Å². The molecule has 1 aromatic heterocycles. The predicted molar refractivity (Wildman–Crippen MR) is 77.3 cm³/mol. The molecule has 5 nitrogen and oxygen atoms in total. The third-order valence-corrected chi connectivity index (χ3v) is 3.07. The van der Waals surface area contributed by atoms with Crippen LogP contribution in [0.5, 0.6) is 0 Å². The van der Waals surface area contributed by atoms with Crippen LogP contribution >= 0.6 is 0 Å². The molecule has 0 spiro atoms. The van der Waals surface area contributed by atoms with Gasteiger partial charge in [-0.15, -0.1) is 0 Å². The van der Waals surface area contributed by atoms with Gasteiger partial charge in [-0.25, -0.2) is 4.68 Å². The molecule has 2 rings (SSSR count). The van der Waals surface area contributed by atoms with Crippen molar-refractivity contribution >= 4 is 5.91 Å². The summed E-state index contributed by atoms with van der Waals surface area (Å²) < 4.78 is 78.5. The van der Waals surface area contributed by atoms with Gasteiger partial charge >= 0.3 is 12.4 Å². The number of alkyl halides is 6. The molecule has 0 fully saturated rings. The third kappa shape index (κ3) is 6.06. The summed E-state index contributed by atoms with van der Waals surface area (Å²) in [5, 5.41) is 5.79. The quantitative estimate of drug-likeness (QED) is 0.783. The number of ether oxygens (including phenoxy) is 1. The molecule has 0 unspecified atom stereocenters. The third-order valence-electron chi connectivity index (χ3n) is 3.07. The lowest BCUT2D eigenvalue weighted by atomic mass is 10.2. The first-order chi connectivity index (χ1) is 12.0. The average Bonchev–Trinajstić information content (AvgIpc) is 3.02. The first kappa shape index (κ1) is 19.8. The number of halogens is 6. The molecule has 142 valence electrons. The normalized spacial score (nSPS) is 12.2. The Kier molecular flexibility index (Phi) is 5.90. The molecule has 1 heterocycles. The van der Waals surface area contributed by atoms with E-state index in [2.05, 4.69) is 15.2 Å². The number of aromatic nitrogens is 2. The van der Waals surface area contributed by atoms with Gasteiger partial charge in [0.2, 0.25) is 5.91 Å². The zero-order chi connectivity index (χ0) is 19.4. The lowest BCUT2D eigenvalue weighted by Crippen LogP contribution is -2.29. The van der Waals surface area contributed by atoms with Gasteiger partial charge in [0.15, 0.2) is 5.69 Å². The molecule has 0 saturated heterocycles. The number of hydrogen-bond donors (Lipinski definition) is 1. The van der Waals surface area contributed by atoms with Crippen molar-refractivity contribution in [3.63, 3.8) is 0 Å². The van der Waals surface area contributed by atoms with Crippen LogP contribution in [-0.2, 0) is 22.3 Å². The standard InChI is InChI=1S/C15H13F6N3O2/c16-14(17,18)9-26-8-13(25)22-7-10-1-3-11(4-2-10)24-6-5-12(23-24)15(19,20)21/h1-6H,7-9H2,(H,22,25). The van der Waals surface area contributed by atoms with Gasteiger partial charge in [-0.3, -0.25) is 4.79 Å². The molecule has 0 bridgehead atoms. The minimum Gasteiger partial charge on any atom is -0.362 e. The summed E-state index contributed by atoms with van der Waals surface area (Å²) in [6, 6.07) is 6.92. The van der Waals surface area contributed by atoms with Gasteiger partial charge in [-0.05, 0) is 23.8 Å². The fraction of sp³-hybridized carbons (Fsp3) is 0.333. The van der Waals surface area contributed by atoms with Gasteiger partial charge in [-0.2, -0.15) is 31.4 Å². The van der Waals surface area contributed by atoms with Crippen molar-refractivity contribution in [1.82, 2.24) is 15.1 Å². The predicted octanol–water partition coefficient (Wildman–Crippen LogP) is 3.09. The molecule has 11 heteroatoms. The first-order valence-electron chi connectivity index (χ1n) is 7.18. The number of carbonyl (C=O) groups is 1. The van der Waals surface area contributed by atoms with Crippen molar-refractivity contribution in [1.29, 1.82) is 0 Å². The molecular weight excluding hydrogens is 368 g/mol. The summed E-state index contributed by atoms with van der Waals surface area (Å²) in [7, 11) is 0. The SMILES string of the molecule is O=C(COCC(F)(F)F)NCc1ccc(-n2ccc(C(F)(F)F)n2)cc1. The second-order valence-corrected chi connectivity index (χ2v) is 5.19. The molecular formula is C15H13F6N3O2. The molecule has 0 saturated carbocycles. The number of nitrogens with zero attached hydrogens (tertiary/aromatic N) is 2. The summed E-state index contributed by atoms with van der Waals surface area (Å²) in [5.41, 5.74) is -0.0436. The molecule has 0 radical (unpaired) electrons. The molecule has 0 aliphatic carbocycles. The largest absolute Gasteiger partial charge is 0.435 e. The minimum absolute atomic E-state index is 0.0292. The number of benzene rings is 1. The van der Waals surface area contributed by atoms with Crippen LogP contribution in [0.1, 0.15) is 11.3 Å². The summed E-state index contributed by atoms with van der Waals surface area (Å²) in [6.07, 6.45) is -7.88. The number of hydrogen-bond acceptors (Lipinski definition) is 3. The van der Waals surface area contributed by atoms with E-state index in [4.69, 9.17) is 0 Å². The fourth-order valence-corrected chi connectivity index (χ4v) is 1.90. The van der Waals surface area contributed by atoms with Gasteiger partial charge in [0, 0.05) is 12.7 Å². The Morgan fingerprint density at radius 1 is 1.08 bits per heavy atom. The van der Waals surface area contributed by atoms with E-state index in [9.17, 15) is 31.1 Å². The average molecular weight is 381 g/mol. The number of rotatable bonds is 6. The van der Waals surface area contributed by atoms with Crippen molar-refractivity contribution in [2.24, 2.45) is 0 Å². The van der Waals surface area contributed by atoms with Gasteiger partial charge in [0.1, 0.15) is 13.2 Å². The lowest BCUT2D eigenvalue weighted by molar-refractivity contribution is -0.175. The molecule has 1 N–H and O–H groups in total. The summed E-state index contributed by atoms with van der Waals surface area (Å²) in [5.74, 6) is -0.722. The highest BCUT2D eigenvalue weighted by atomic mass is 19.4. The maximum atomic E-state index is 12.5. The molecule has 1 amide bonds.